The van der Waals surface area contributed by atoms with Gasteiger partial charge in [-0.1, -0.05) is 6.08 Å². The van der Waals surface area contributed by atoms with Crippen molar-refractivity contribution in [3.8, 4) is 5.75 Å². The van der Waals surface area contributed by atoms with Crippen LogP contribution < -0.4 is 14.5 Å². The standard InChI is InChI=1S/C22H23N5O2/c1-29-16-4-5-19-17(11-16)18(12-23-19)15-6-9-26(10-7-15)20-13-25-21(14-24-20)27-8-2-3-22(27)28/h4-6,11-14,23H,2-3,7-10H2,1H3. The Kier molecular flexibility index (Phi) is 4.42. The lowest BCUT2D eigenvalue weighted by Gasteiger charge is -2.27. The molecule has 29 heavy (non-hydrogen) atoms. The number of methoxy groups -OCH3 is 1. The molecule has 4 heterocycles. The summed E-state index contributed by atoms with van der Waals surface area (Å²) in [6.07, 6.45) is 10.2. The van der Waals surface area contributed by atoms with Gasteiger partial charge >= 0.3 is 0 Å². The van der Waals surface area contributed by atoms with Crippen LogP contribution in [0.1, 0.15) is 24.8 Å². The second-order valence-electron chi connectivity index (χ2n) is 7.42. The minimum absolute atomic E-state index is 0.132. The van der Waals surface area contributed by atoms with Crippen molar-refractivity contribution in [2.24, 2.45) is 0 Å². The molecule has 5 rings (SSSR count). The number of carbonyl (C=O) groups excluding carboxylic acids is 1. The number of ether oxygens (including phenoxy) is 1. The van der Waals surface area contributed by atoms with Gasteiger partial charge in [-0.2, -0.15) is 0 Å². The smallest absolute Gasteiger partial charge is 0.228 e. The molecule has 148 valence electrons. The Morgan fingerprint density at radius 2 is 1.97 bits per heavy atom. The number of nitrogens with zero attached hydrogens (tertiary/aromatic N) is 4. The maximum absolute atomic E-state index is 11.9. The Hall–Kier alpha value is -3.35. The van der Waals surface area contributed by atoms with Crippen molar-refractivity contribution in [2.75, 3.05) is 36.5 Å². The maximum atomic E-state index is 11.9. The minimum Gasteiger partial charge on any atom is -0.497 e. The molecule has 0 bridgehead atoms. The first kappa shape index (κ1) is 17.7. The zero-order chi connectivity index (χ0) is 19.8. The molecule has 2 aliphatic heterocycles. The van der Waals surface area contributed by atoms with E-state index >= 15 is 0 Å². The number of carbonyl (C=O) groups is 1. The number of rotatable bonds is 4. The Bertz CT molecular complexity index is 1090. The van der Waals surface area contributed by atoms with Crippen LogP contribution in [0.25, 0.3) is 16.5 Å². The molecule has 1 amide bonds. The minimum atomic E-state index is 0.132. The second-order valence-corrected chi connectivity index (χ2v) is 7.42. The molecule has 1 saturated heterocycles. The van der Waals surface area contributed by atoms with Crippen molar-refractivity contribution < 1.29 is 9.53 Å². The number of benzene rings is 1. The van der Waals surface area contributed by atoms with E-state index < -0.39 is 0 Å². The molecule has 7 nitrogen and oxygen atoms in total. The third-order valence-corrected chi connectivity index (χ3v) is 5.74. The summed E-state index contributed by atoms with van der Waals surface area (Å²) in [5, 5.41) is 1.18. The Labute approximate surface area is 169 Å². The van der Waals surface area contributed by atoms with Crippen molar-refractivity contribution in [1.29, 1.82) is 0 Å². The number of anilines is 2. The van der Waals surface area contributed by atoms with E-state index in [4.69, 9.17) is 4.74 Å². The van der Waals surface area contributed by atoms with Crippen molar-refractivity contribution in [3.63, 3.8) is 0 Å². The first-order valence-corrected chi connectivity index (χ1v) is 9.95. The largest absolute Gasteiger partial charge is 0.497 e. The van der Waals surface area contributed by atoms with E-state index in [1.165, 1.54) is 16.5 Å². The molecule has 1 fully saturated rings. The van der Waals surface area contributed by atoms with Gasteiger partial charge in [-0.05, 0) is 36.6 Å². The molecule has 1 aromatic carbocycles. The molecule has 0 atom stereocenters. The highest BCUT2D eigenvalue weighted by Gasteiger charge is 2.23. The Balaban J connectivity index is 1.34. The number of fused-ring (bicyclic) bond motifs is 1. The van der Waals surface area contributed by atoms with E-state index in [-0.39, 0.29) is 5.91 Å². The monoisotopic (exact) mass is 389 g/mol. The SMILES string of the molecule is COc1ccc2[nH]cc(C3=CCN(c4cnc(N5CCCC5=O)cn4)CC3)c2c1. The molecular weight excluding hydrogens is 366 g/mol. The van der Waals surface area contributed by atoms with Gasteiger partial charge in [-0.3, -0.25) is 9.69 Å². The maximum Gasteiger partial charge on any atom is 0.228 e. The normalized spacial score (nSPS) is 17.1. The lowest BCUT2D eigenvalue weighted by molar-refractivity contribution is -0.117. The lowest BCUT2D eigenvalue weighted by atomic mass is 9.99. The van der Waals surface area contributed by atoms with Gasteiger partial charge in [0.25, 0.3) is 0 Å². The van der Waals surface area contributed by atoms with E-state index in [2.05, 4.69) is 44.3 Å². The van der Waals surface area contributed by atoms with Crippen LogP contribution >= 0.6 is 0 Å². The predicted octanol–water partition coefficient (Wildman–Crippen LogP) is 3.39. The van der Waals surface area contributed by atoms with E-state index in [9.17, 15) is 4.79 Å². The average molecular weight is 389 g/mol. The summed E-state index contributed by atoms with van der Waals surface area (Å²) in [5.41, 5.74) is 3.67. The number of amides is 1. The van der Waals surface area contributed by atoms with Crippen molar-refractivity contribution in [3.05, 3.63) is 48.4 Å². The van der Waals surface area contributed by atoms with Crippen molar-refractivity contribution in [1.82, 2.24) is 15.0 Å². The van der Waals surface area contributed by atoms with E-state index in [1.807, 2.05) is 6.07 Å². The first-order chi connectivity index (χ1) is 14.2. The van der Waals surface area contributed by atoms with Gasteiger partial charge in [0, 0.05) is 48.7 Å². The summed E-state index contributed by atoms with van der Waals surface area (Å²) in [4.78, 5) is 28.2. The number of aromatic nitrogens is 3. The zero-order valence-electron chi connectivity index (χ0n) is 16.4. The van der Waals surface area contributed by atoms with Crippen molar-refractivity contribution >= 4 is 34.0 Å². The van der Waals surface area contributed by atoms with Crippen LogP contribution in [0.4, 0.5) is 11.6 Å². The molecule has 0 unspecified atom stereocenters. The molecular formula is C22H23N5O2. The van der Waals surface area contributed by atoms with Crippen LogP contribution in [0.5, 0.6) is 5.75 Å². The van der Waals surface area contributed by atoms with E-state index in [1.54, 1.807) is 24.4 Å². The predicted molar refractivity (Wildman–Crippen MR) is 113 cm³/mol. The van der Waals surface area contributed by atoms with E-state index in [0.29, 0.717) is 12.2 Å². The number of H-pyrrole nitrogens is 1. The van der Waals surface area contributed by atoms with Crippen LogP contribution in [-0.2, 0) is 4.79 Å². The summed E-state index contributed by atoms with van der Waals surface area (Å²) in [6, 6.07) is 6.10. The van der Waals surface area contributed by atoms with Gasteiger partial charge in [0.2, 0.25) is 5.91 Å². The van der Waals surface area contributed by atoms with Crippen molar-refractivity contribution in [2.45, 2.75) is 19.3 Å². The Morgan fingerprint density at radius 3 is 2.66 bits per heavy atom. The van der Waals surface area contributed by atoms with Gasteiger partial charge in [0.1, 0.15) is 11.6 Å². The highest BCUT2D eigenvalue weighted by molar-refractivity contribution is 5.95. The molecule has 0 saturated carbocycles. The summed E-state index contributed by atoms with van der Waals surface area (Å²) < 4.78 is 5.38. The quantitative estimate of drug-likeness (QED) is 0.740. The van der Waals surface area contributed by atoms with Crippen LogP contribution in [0, 0.1) is 0 Å². The van der Waals surface area contributed by atoms with Gasteiger partial charge in [-0.25, -0.2) is 9.97 Å². The zero-order valence-corrected chi connectivity index (χ0v) is 16.4. The highest BCUT2D eigenvalue weighted by atomic mass is 16.5. The molecule has 7 heteroatoms. The van der Waals surface area contributed by atoms with Crippen LogP contribution in [0.15, 0.2) is 42.9 Å². The van der Waals surface area contributed by atoms with Crippen LogP contribution in [0.3, 0.4) is 0 Å². The molecule has 0 radical (unpaired) electrons. The molecule has 1 N–H and O–H groups in total. The number of hydrogen-bond acceptors (Lipinski definition) is 5. The second kappa shape index (κ2) is 7.24. The molecule has 0 spiro atoms. The topological polar surface area (TPSA) is 74.3 Å². The van der Waals surface area contributed by atoms with Crippen LogP contribution in [0.2, 0.25) is 0 Å². The highest BCUT2D eigenvalue weighted by Crippen LogP contribution is 2.32. The number of aromatic amines is 1. The van der Waals surface area contributed by atoms with E-state index in [0.717, 1.165) is 49.6 Å². The molecule has 2 aromatic heterocycles. The summed E-state index contributed by atoms with van der Waals surface area (Å²) in [7, 11) is 1.69. The fraction of sp³-hybridized carbons (Fsp3) is 0.318. The lowest BCUT2D eigenvalue weighted by Crippen LogP contribution is -2.30. The molecule has 3 aromatic rings. The molecule has 0 aliphatic carbocycles. The van der Waals surface area contributed by atoms with Gasteiger partial charge < -0.3 is 14.6 Å². The summed E-state index contributed by atoms with van der Waals surface area (Å²) in [5.74, 6) is 2.49. The third kappa shape index (κ3) is 3.22. The van der Waals surface area contributed by atoms with Gasteiger partial charge in [0.05, 0.1) is 19.5 Å². The van der Waals surface area contributed by atoms with Gasteiger partial charge in [-0.15, -0.1) is 0 Å². The fourth-order valence-electron chi connectivity index (χ4n) is 4.12. The Morgan fingerprint density at radius 1 is 1.10 bits per heavy atom. The first-order valence-electron chi connectivity index (χ1n) is 9.95. The number of hydrogen-bond donors (Lipinski definition) is 1. The summed E-state index contributed by atoms with van der Waals surface area (Å²) >= 11 is 0. The van der Waals surface area contributed by atoms with Gasteiger partial charge in [0.15, 0.2) is 5.82 Å². The fourth-order valence-corrected chi connectivity index (χ4v) is 4.12. The summed E-state index contributed by atoms with van der Waals surface area (Å²) in [6.45, 7) is 2.39. The average Bonchev–Trinajstić information content (AvgIpc) is 3.39. The molecule has 2 aliphatic rings. The third-order valence-electron chi connectivity index (χ3n) is 5.74. The number of nitrogens with one attached hydrogen (secondary N) is 1. The van der Waals surface area contributed by atoms with Crippen LogP contribution in [-0.4, -0.2) is 47.6 Å².